The zero-order chi connectivity index (χ0) is 14.5. The fourth-order valence-corrected chi connectivity index (χ4v) is 2.14. The van der Waals surface area contributed by atoms with E-state index in [2.05, 4.69) is 15.3 Å². The lowest BCUT2D eigenvalue weighted by molar-refractivity contribution is 0.946. The van der Waals surface area contributed by atoms with Gasteiger partial charge in [0, 0.05) is 30.9 Å². The molecule has 0 spiro atoms. The number of aliphatic imine (C=N–C) groups is 1. The number of pyridine rings is 1. The van der Waals surface area contributed by atoms with E-state index < -0.39 is 0 Å². The van der Waals surface area contributed by atoms with Gasteiger partial charge in [-0.05, 0) is 36.9 Å². The van der Waals surface area contributed by atoms with E-state index in [1.165, 1.54) is 0 Å². The predicted octanol–water partition coefficient (Wildman–Crippen LogP) is 2.48. The Balaban J connectivity index is 2.42. The highest BCUT2D eigenvalue weighted by molar-refractivity contribution is 6.35. The monoisotopic (exact) mass is 288 g/mol. The fraction of sp³-hybridized carbons (Fsp3) is 0.200. The van der Waals surface area contributed by atoms with Crippen molar-refractivity contribution >= 4 is 33.9 Å². The molecular weight excluding hydrogens is 272 g/mol. The van der Waals surface area contributed by atoms with Gasteiger partial charge in [-0.2, -0.15) is 0 Å². The Morgan fingerprint density at radius 3 is 2.95 bits per heavy atom. The van der Waals surface area contributed by atoms with Crippen LogP contribution in [0.5, 0.6) is 0 Å². The second kappa shape index (κ2) is 6.50. The van der Waals surface area contributed by atoms with Gasteiger partial charge in [0.05, 0.1) is 16.3 Å². The van der Waals surface area contributed by atoms with Gasteiger partial charge >= 0.3 is 0 Å². The highest BCUT2D eigenvalue weighted by Crippen LogP contribution is 2.24. The summed E-state index contributed by atoms with van der Waals surface area (Å²) in [5, 5.41) is 4.62. The van der Waals surface area contributed by atoms with Gasteiger partial charge in [0.15, 0.2) is 0 Å². The maximum absolute atomic E-state index is 6.18. The van der Waals surface area contributed by atoms with Gasteiger partial charge in [0.2, 0.25) is 0 Å². The SMILES string of the molecule is CN=C(/C=C(\N)c1ccc2nccc(Cl)c2c1)CNC. The number of benzene rings is 1. The summed E-state index contributed by atoms with van der Waals surface area (Å²) in [5.41, 5.74) is 9.44. The molecule has 0 bridgehead atoms. The molecule has 1 aromatic carbocycles. The zero-order valence-corrected chi connectivity index (χ0v) is 12.3. The molecule has 1 aromatic heterocycles. The molecule has 0 aliphatic heterocycles. The number of halogens is 1. The summed E-state index contributed by atoms with van der Waals surface area (Å²) >= 11 is 6.18. The van der Waals surface area contributed by atoms with E-state index >= 15 is 0 Å². The summed E-state index contributed by atoms with van der Waals surface area (Å²) in [7, 11) is 3.62. The van der Waals surface area contributed by atoms with E-state index in [4.69, 9.17) is 17.3 Å². The first-order valence-electron chi connectivity index (χ1n) is 6.27. The number of hydrogen-bond donors (Lipinski definition) is 2. The Morgan fingerprint density at radius 1 is 1.45 bits per heavy atom. The number of nitrogens with two attached hydrogens (primary N) is 1. The molecule has 0 saturated heterocycles. The summed E-state index contributed by atoms with van der Waals surface area (Å²) in [6, 6.07) is 7.57. The zero-order valence-electron chi connectivity index (χ0n) is 11.5. The van der Waals surface area contributed by atoms with Gasteiger partial charge in [0.25, 0.3) is 0 Å². The largest absolute Gasteiger partial charge is 0.398 e. The van der Waals surface area contributed by atoms with Crippen LogP contribution in [-0.4, -0.2) is 31.3 Å². The fourth-order valence-electron chi connectivity index (χ4n) is 1.93. The molecule has 20 heavy (non-hydrogen) atoms. The first-order chi connectivity index (χ1) is 9.65. The molecule has 3 N–H and O–H groups in total. The van der Waals surface area contributed by atoms with Crippen molar-refractivity contribution in [1.29, 1.82) is 0 Å². The Hall–Kier alpha value is -1.91. The van der Waals surface area contributed by atoms with Crippen molar-refractivity contribution in [3.05, 3.63) is 47.1 Å². The molecule has 2 aromatic rings. The molecule has 0 amide bonds. The van der Waals surface area contributed by atoms with E-state index in [-0.39, 0.29) is 0 Å². The lowest BCUT2D eigenvalue weighted by Gasteiger charge is -2.06. The minimum Gasteiger partial charge on any atom is -0.398 e. The van der Waals surface area contributed by atoms with Gasteiger partial charge in [-0.25, -0.2) is 0 Å². The van der Waals surface area contributed by atoms with Crippen molar-refractivity contribution in [3.63, 3.8) is 0 Å². The predicted molar refractivity (Wildman–Crippen MR) is 86.2 cm³/mol. The van der Waals surface area contributed by atoms with Crippen LogP contribution in [0.4, 0.5) is 0 Å². The molecule has 1 heterocycles. The molecule has 0 aliphatic carbocycles. The van der Waals surface area contributed by atoms with Crippen LogP contribution in [-0.2, 0) is 0 Å². The van der Waals surface area contributed by atoms with Crippen LogP contribution in [0.2, 0.25) is 5.02 Å². The Labute approximate surface area is 123 Å². The van der Waals surface area contributed by atoms with Crippen LogP contribution in [0.15, 0.2) is 41.5 Å². The maximum Gasteiger partial charge on any atom is 0.0717 e. The number of rotatable bonds is 4. The van der Waals surface area contributed by atoms with Gasteiger partial charge in [-0.3, -0.25) is 9.98 Å². The summed E-state index contributed by atoms with van der Waals surface area (Å²) in [6.07, 6.45) is 3.56. The third kappa shape index (κ3) is 3.15. The normalized spacial score (nSPS) is 12.9. The Morgan fingerprint density at radius 2 is 2.25 bits per heavy atom. The second-order valence-electron chi connectivity index (χ2n) is 4.37. The first kappa shape index (κ1) is 14.5. The van der Waals surface area contributed by atoms with Crippen LogP contribution in [0.3, 0.4) is 0 Å². The van der Waals surface area contributed by atoms with Crippen LogP contribution < -0.4 is 11.1 Å². The van der Waals surface area contributed by atoms with Crippen molar-refractivity contribution in [2.45, 2.75) is 0 Å². The standard InChI is InChI=1S/C15H17ClN4/c1-18-9-11(19-2)8-14(17)10-3-4-15-12(7-10)13(16)5-6-20-15/h3-8,18H,9,17H2,1-2H3/b14-8-,19-11?. The molecule has 0 atom stereocenters. The van der Waals surface area contributed by atoms with E-state index in [1.54, 1.807) is 19.3 Å². The molecule has 4 nitrogen and oxygen atoms in total. The second-order valence-corrected chi connectivity index (χ2v) is 4.78. The quantitative estimate of drug-likeness (QED) is 0.850. The Kier molecular flexibility index (Phi) is 4.71. The van der Waals surface area contributed by atoms with Crippen molar-refractivity contribution in [3.8, 4) is 0 Å². The van der Waals surface area contributed by atoms with E-state index in [0.29, 0.717) is 17.3 Å². The number of hydrogen-bond acceptors (Lipinski definition) is 4. The lowest BCUT2D eigenvalue weighted by Crippen LogP contribution is -2.18. The maximum atomic E-state index is 6.18. The molecule has 0 fully saturated rings. The topological polar surface area (TPSA) is 63.3 Å². The third-order valence-electron chi connectivity index (χ3n) is 2.99. The molecule has 0 radical (unpaired) electrons. The Bertz CT molecular complexity index is 677. The summed E-state index contributed by atoms with van der Waals surface area (Å²) in [5.74, 6) is 0. The average molecular weight is 289 g/mol. The molecule has 0 saturated carbocycles. The van der Waals surface area contributed by atoms with Crippen molar-refractivity contribution in [1.82, 2.24) is 10.3 Å². The van der Waals surface area contributed by atoms with Crippen LogP contribution >= 0.6 is 11.6 Å². The van der Waals surface area contributed by atoms with Gasteiger partial charge < -0.3 is 11.1 Å². The smallest absolute Gasteiger partial charge is 0.0717 e. The van der Waals surface area contributed by atoms with E-state index in [1.807, 2.05) is 31.3 Å². The highest BCUT2D eigenvalue weighted by Gasteiger charge is 2.04. The number of aromatic nitrogens is 1. The minimum absolute atomic E-state index is 0.655. The number of nitrogens with zero attached hydrogens (tertiary/aromatic N) is 2. The van der Waals surface area contributed by atoms with Crippen molar-refractivity contribution in [2.24, 2.45) is 10.7 Å². The molecule has 2 rings (SSSR count). The summed E-state index contributed by atoms with van der Waals surface area (Å²) in [4.78, 5) is 8.45. The average Bonchev–Trinajstić information content (AvgIpc) is 2.46. The molecule has 5 heteroatoms. The van der Waals surface area contributed by atoms with Crippen LogP contribution in [0.25, 0.3) is 16.6 Å². The molecule has 0 aliphatic rings. The van der Waals surface area contributed by atoms with Gasteiger partial charge in [0.1, 0.15) is 0 Å². The van der Waals surface area contributed by atoms with E-state index in [9.17, 15) is 0 Å². The van der Waals surface area contributed by atoms with Crippen LogP contribution in [0, 0.1) is 0 Å². The molecule has 104 valence electrons. The van der Waals surface area contributed by atoms with Gasteiger partial charge in [-0.15, -0.1) is 0 Å². The molecular formula is C15H17ClN4. The lowest BCUT2D eigenvalue weighted by atomic mass is 10.1. The van der Waals surface area contributed by atoms with Crippen LogP contribution in [0.1, 0.15) is 5.56 Å². The van der Waals surface area contributed by atoms with E-state index in [0.717, 1.165) is 22.2 Å². The van der Waals surface area contributed by atoms with Crippen molar-refractivity contribution in [2.75, 3.05) is 20.6 Å². The third-order valence-corrected chi connectivity index (χ3v) is 3.32. The summed E-state index contributed by atoms with van der Waals surface area (Å²) in [6.45, 7) is 0.674. The van der Waals surface area contributed by atoms with Crippen molar-refractivity contribution < 1.29 is 0 Å². The number of fused-ring (bicyclic) bond motifs is 1. The number of nitrogens with one attached hydrogen (secondary N) is 1. The van der Waals surface area contributed by atoms with Gasteiger partial charge in [-0.1, -0.05) is 17.7 Å². The molecule has 0 unspecified atom stereocenters. The minimum atomic E-state index is 0.655. The first-order valence-corrected chi connectivity index (χ1v) is 6.65. The highest BCUT2D eigenvalue weighted by atomic mass is 35.5. The summed E-state index contributed by atoms with van der Waals surface area (Å²) < 4.78 is 0.